The van der Waals surface area contributed by atoms with Gasteiger partial charge in [0.15, 0.2) is 6.61 Å². The van der Waals surface area contributed by atoms with Crippen molar-refractivity contribution in [3.05, 3.63) is 29.8 Å². The van der Waals surface area contributed by atoms with Gasteiger partial charge in [0.2, 0.25) is 5.91 Å². The maximum Gasteiger partial charge on any atom is 0.258 e. The Morgan fingerprint density at radius 2 is 1.95 bits per heavy atom. The molecule has 3 N–H and O–H groups in total. The van der Waals surface area contributed by atoms with Gasteiger partial charge in [-0.05, 0) is 37.6 Å². The highest BCUT2D eigenvalue weighted by atomic mass is 16.5. The molecule has 0 aliphatic rings. The van der Waals surface area contributed by atoms with E-state index in [1.165, 1.54) is 0 Å². The van der Waals surface area contributed by atoms with E-state index in [1.807, 2.05) is 6.92 Å². The summed E-state index contributed by atoms with van der Waals surface area (Å²) in [5.41, 5.74) is 5.54. The summed E-state index contributed by atoms with van der Waals surface area (Å²) in [5.74, 6) is -0.110. The quantitative estimate of drug-likeness (QED) is 0.782. The predicted octanol–water partition coefficient (Wildman–Crippen LogP) is 1.47. The summed E-state index contributed by atoms with van der Waals surface area (Å²) >= 11 is 0. The number of ether oxygens (including phenoxy) is 1. The minimum atomic E-state index is -0.488. The zero-order valence-electron chi connectivity index (χ0n) is 11.3. The molecule has 5 heteroatoms. The van der Waals surface area contributed by atoms with Crippen molar-refractivity contribution in [3.8, 4) is 5.75 Å². The third kappa shape index (κ3) is 5.42. The Bertz CT molecular complexity index is 429. The van der Waals surface area contributed by atoms with Crippen molar-refractivity contribution in [1.29, 1.82) is 0 Å². The molecule has 5 nitrogen and oxygen atoms in total. The van der Waals surface area contributed by atoms with Crippen LogP contribution in [0.1, 0.15) is 37.0 Å². The van der Waals surface area contributed by atoms with Crippen molar-refractivity contribution in [2.24, 2.45) is 5.73 Å². The molecule has 0 saturated heterocycles. The summed E-state index contributed by atoms with van der Waals surface area (Å²) in [6.07, 6.45) is 1.97. The maximum atomic E-state index is 11.6. The van der Waals surface area contributed by atoms with E-state index >= 15 is 0 Å². The van der Waals surface area contributed by atoms with Gasteiger partial charge in [0, 0.05) is 11.6 Å². The van der Waals surface area contributed by atoms with Gasteiger partial charge in [0.25, 0.3) is 5.91 Å². The minimum absolute atomic E-state index is 0.0377. The average molecular weight is 264 g/mol. The van der Waals surface area contributed by atoms with Crippen molar-refractivity contribution < 1.29 is 14.3 Å². The topological polar surface area (TPSA) is 81.4 Å². The molecular formula is C14H20N2O3. The Kier molecular flexibility index (Phi) is 5.85. The summed E-state index contributed by atoms with van der Waals surface area (Å²) in [7, 11) is 0. The fourth-order valence-electron chi connectivity index (χ4n) is 1.69. The Morgan fingerprint density at radius 1 is 1.32 bits per heavy atom. The molecule has 1 aromatic rings. The molecule has 0 radical (unpaired) electrons. The number of benzene rings is 1. The molecule has 0 bridgehead atoms. The molecule has 0 aliphatic carbocycles. The molecule has 0 fully saturated rings. The second-order valence-electron chi connectivity index (χ2n) is 4.43. The molecule has 1 rings (SSSR count). The molecule has 0 saturated carbocycles. The lowest BCUT2D eigenvalue weighted by molar-refractivity contribution is -0.123. The van der Waals surface area contributed by atoms with Gasteiger partial charge in [0.05, 0.1) is 0 Å². The van der Waals surface area contributed by atoms with E-state index in [1.54, 1.807) is 24.3 Å². The van der Waals surface area contributed by atoms with Crippen LogP contribution in [0, 0.1) is 0 Å². The van der Waals surface area contributed by atoms with Crippen LogP contribution in [0.4, 0.5) is 0 Å². The van der Waals surface area contributed by atoms with E-state index in [0.29, 0.717) is 11.3 Å². The second-order valence-corrected chi connectivity index (χ2v) is 4.43. The van der Waals surface area contributed by atoms with Crippen LogP contribution in [0.15, 0.2) is 24.3 Å². The molecule has 1 atom stereocenters. The molecule has 2 amide bonds. The van der Waals surface area contributed by atoms with Gasteiger partial charge >= 0.3 is 0 Å². The van der Waals surface area contributed by atoms with Crippen LogP contribution in [-0.2, 0) is 4.79 Å². The number of carbonyl (C=O) groups excluding carboxylic acids is 2. The van der Waals surface area contributed by atoms with E-state index in [-0.39, 0.29) is 18.6 Å². The van der Waals surface area contributed by atoms with Crippen molar-refractivity contribution in [2.75, 3.05) is 6.61 Å². The monoisotopic (exact) mass is 264 g/mol. The largest absolute Gasteiger partial charge is 0.484 e. The predicted molar refractivity (Wildman–Crippen MR) is 73.0 cm³/mol. The summed E-state index contributed by atoms with van der Waals surface area (Å²) in [6, 6.07) is 6.51. The van der Waals surface area contributed by atoms with Gasteiger partial charge in [-0.25, -0.2) is 0 Å². The zero-order valence-corrected chi connectivity index (χ0v) is 11.3. The smallest absolute Gasteiger partial charge is 0.258 e. The third-order valence-corrected chi connectivity index (χ3v) is 2.64. The van der Waals surface area contributed by atoms with Crippen molar-refractivity contribution in [1.82, 2.24) is 5.32 Å². The molecule has 19 heavy (non-hydrogen) atoms. The van der Waals surface area contributed by atoms with Gasteiger partial charge in [-0.1, -0.05) is 13.3 Å². The van der Waals surface area contributed by atoms with Crippen LogP contribution in [-0.4, -0.2) is 24.5 Å². The second kappa shape index (κ2) is 7.41. The van der Waals surface area contributed by atoms with Gasteiger partial charge in [-0.3, -0.25) is 9.59 Å². The maximum absolute atomic E-state index is 11.6. The number of hydrogen-bond donors (Lipinski definition) is 2. The molecule has 0 spiro atoms. The molecule has 1 aromatic carbocycles. The van der Waals surface area contributed by atoms with Gasteiger partial charge < -0.3 is 15.8 Å². The molecular weight excluding hydrogens is 244 g/mol. The highest BCUT2D eigenvalue weighted by Crippen LogP contribution is 2.11. The van der Waals surface area contributed by atoms with Crippen LogP contribution < -0.4 is 15.8 Å². The number of nitrogens with one attached hydrogen (secondary N) is 1. The number of rotatable bonds is 7. The first kappa shape index (κ1) is 15.0. The van der Waals surface area contributed by atoms with E-state index < -0.39 is 5.91 Å². The SMILES string of the molecule is CCCC(C)NC(=O)COc1ccc(C(N)=O)cc1. The minimum Gasteiger partial charge on any atom is -0.484 e. The number of primary amides is 1. The van der Waals surface area contributed by atoms with E-state index in [9.17, 15) is 9.59 Å². The normalized spacial score (nSPS) is 11.7. The fraction of sp³-hybridized carbons (Fsp3) is 0.429. The summed E-state index contributed by atoms with van der Waals surface area (Å²) in [6.45, 7) is 3.99. The van der Waals surface area contributed by atoms with Crippen LogP contribution >= 0.6 is 0 Å². The highest BCUT2D eigenvalue weighted by Gasteiger charge is 2.07. The highest BCUT2D eigenvalue weighted by molar-refractivity contribution is 5.92. The molecule has 1 unspecified atom stereocenters. The number of carbonyl (C=O) groups is 2. The lowest BCUT2D eigenvalue weighted by Gasteiger charge is -2.13. The Balaban J connectivity index is 2.39. The van der Waals surface area contributed by atoms with Crippen molar-refractivity contribution >= 4 is 11.8 Å². The van der Waals surface area contributed by atoms with E-state index in [2.05, 4.69) is 12.2 Å². The number of nitrogens with two attached hydrogens (primary N) is 1. The van der Waals surface area contributed by atoms with Crippen LogP contribution in [0.3, 0.4) is 0 Å². The third-order valence-electron chi connectivity index (χ3n) is 2.64. The summed E-state index contributed by atoms with van der Waals surface area (Å²) < 4.78 is 5.32. The van der Waals surface area contributed by atoms with Crippen LogP contribution in [0.5, 0.6) is 5.75 Å². The Morgan fingerprint density at radius 3 is 2.47 bits per heavy atom. The first-order valence-corrected chi connectivity index (χ1v) is 6.35. The van der Waals surface area contributed by atoms with E-state index in [0.717, 1.165) is 12.8 Å². The van der Waals surface area contributed by atoms with Crippen molar-refractivity contribution in [3.63, 3.8) is 0 Å². The Labute approximate surface area is 113 Å². The average Bonchev–Trinajstić information content (AvgIpc) is 2.37. The van der Waals surface area contributed by atoms with Crippen molar-refractivity contribution in [2.45, 2.75) is 32.7 Å². The number of amides is 2. The first-order chi connectivity index (χ1) is 9.02. The number of hydrogen-bond acceptors (Lipinski definition) is 3. The summed E-state index contributed by atoms with van der Waals surface area (Å²) in [5, 5.41) is 2.84. The molecule has 0 heterocycles. The van der Waals surface area contributed by atoms with Crippen LogP contribution in [0.25, 0.3) is 0 Å². The van der Waals surface area contributed by atoms with Crippen LogP contribution in [0.2, 0.25) is 0 Å². The first-order valence-electron chi connectivity index (χ1n) is 6.35. The fourth-order valence-corrected chi connectivity index (χ4v) is 1.69. The van der Waals surface area contributed by atoms with Gasteiger partial charge in [0.1, 0.15) is 5.75 Å². The standard InChI is InChI=1S/C14H20N2O3/c1-3-4-10(2)16-13(17)9-19-12-7-5-11(6-8-12)14(15)18/h5-8,10H,3-4,9H2,1-2H3,(H2,15,18)(H,16,17). The molecule has 0 aromatic heterocycles. The molecule has 104 valence electrons. The lowest BCUT2D eigenvalue weighted by Crippen LogP contribution is -2.35. The Hall–Kier alpha value is -2.04. The summed E-state index contributed by atoms with van der Waals surface area (Å²) in [4.78, 5) is 22.4. The van der Waals surface area contributed by atoms with E-state index in [4.69, 9.17) is 10.5 Å². The van der Waals surface area contributed by atoms with Gasteiger partial charge in [-0.15, -0.1) is 0 Å². The van der Waals surface area contributed by atoms with Gasteiger partial charge in [-0.2, -0.15) is 0 Å². The zero-order chi connectivity index (χ0) is 14.3. The lowest BCUT2D eigenvalue weighted by atomic mass is 10.2. The molecule has 0 aliphatic heterocycles.